The van der Waals surface area contributed by atoms with Gasteiger partial charge in [0.05, 0.1) is 37.7 Å². The molecule has 0 spiro atoms. The van der Waals surface area contributed by atoms with Crippen LogP contribution < -0.4 is 19.7 Å². The molecule has 1 aromatic heterocycles. The SMILES string of the molecule is COCCCOc1ccc(C2C(OCc3ccc4c(c3)N(CCCOC)CCO4)CNC[C@H]2OCCCn2cncn2)cc1. The van der Waals surface area contributed by atoms with E-state index < -0.39 is 0 Å². The smallest absolute Gasteiger partial charge is 0.142 e. The van der Waals surface area contributed by atoms with Gasteiger partial charge in [0.2, 0.25) is 0 Å². The molecule has 1 fully saturated rings. The summed E-state index contributed by atoms with van der Waals surface area (Å²) in [6, 6.07) is 14.8. The number of rotatable bonds is 18. The van der Waals surface area contributed by atoms with Gasteiger partial charge in [0.15, 0.2) is 0 Å². The standard InChI is InChI=1S/C33H47N5O6/c1-39-15-3-12-37-14-19-43-30-11-6-26(20-29(30)37)23-44-32-22-34-21-31(42-17-4-13-38-25-35-24-36-38)33(32)27-7-9-28(10-8-27)41-18-5-16-40-2/h6-11,20,24-25,31-34H,3-5,12-19,21-23H2,1-2H3/t31-,32?,33?/m1/s1. The lowest BCUT2D eigenvalue weighted by Crippen LogP contribution is -2.50. The monoisotopic (exact) mass is 609 g/mol. The Bertz CT molecular complexity index is 1230. The second-order valence-corrected chi connectivity index (χ2v) is 11.2. The third-order valence-corrected chi connectivity index (χ3v) is 8.07. The van der Waals surface area contributed by atoms with Crippen LogP contribution in [-0.4, -0.2) is 100 Å². The van der Waals surface area contributed by atoms with Crippen molar-refractivity contribution in [3.05, 3.63) is 66.2 Å². The molecule has 3 heterocycles. The van der Waals surface area contributed by atoms with Crippen LogP contribution in [-0.2, 0) is 32.1 Å². The average Bonchev–Trinajstić information content (AvgIpc) is 3.58. The molecule has 2 aromatic carbocycles. The molecule has 5 rings (SSSR count). The minimum Gasteiger partial charge on any atom is -0.494 e. The highest BCUT2D eigenvalue weighted by molar-refractivity contribution is 5.61. The maximum atomic E-state index is 6.69. The number of methoxy groups -OCH3 is 2. The van der Waals surface area contributed by atoms with Gasteiger partial charge in [-0.05, 0) is 48.2 Å². The number of nitrogens with one attached hydrogen (secondary N) is 1. The largest absolute Gasteiger partial charge is 0.494 e. The van der Waals surface area contributed by atoms with Crippen molar-refractivity contribution >= 4 is 5.69 Å². The summed E-state index contributed by atoms with van der Waals surface area (Å²) in [5.74, 6) is 1.85. The molecule has 1 saturated heterocycles. The maximum Gasteiger partial charge on any atom is 0.142 e. The van der Waals surface area contributed by atoms with Crippen LogP contribution in [0.25, 0.3) is 0 Å². The van der Waals surface area contributed by atoms with Crippen molar-refractivity contribution in [3.63, 3.8) is 0 Å². The Labute approximate surface area is 260 Å². The molecule has 44 heavy (non-hydrogen) atoms. The first-order chi connectivity index (χ1) is 21.7. The Kier molecular flexibility index (Phi) is 12.7. The third-order valence-electron chi connectivity index (χ3n) is 8.07. The van der Waals surface area contributed by atoms with Gasteiger partial charge in [-0.3, -0.25) is 4.68 Å². The van der Waals surface area contributed by atoms with Gasteiger partial charge in [0.1, 0.15) is 30.8 Å². The molecule has 1 N–H and O–H groups in total. The normalized spacial score (nSPS) is 19.9. The van der Waals surface area contributed by atoms with Crippen LogP contribution in [0.4, 0.5) is 5.69 Å². The first-order valence-electron chi connectivity index (χ1n) is 15.7. The Morgan fingerprint density at radius 2 is 1.68 bits per heavy atom. The quantitative estimate of drug-likeness (QED) is 0.215. The zero-order valence-corrected chi connectivity index (χ0v) is 26.1. The fraction of sp³-hybridized carbons (Fsp3) is 0.576. The van der Waals surface area contributed by atoms with Crippen molar-refractivity contribution in [2.24, 2.45) is 0 Å². The van der Waals surface area contributed by atoms with Gasteiger partial charge < -0.3 is 38.6 Å². The molecule has 0 radical (unpaired) electrons. The van der Waals surface area contributed by atoms with E-state index in [0.29, 0.717) is 33.0 Å². The van der Waals surface area contributed by atoms with E-state index in [-0.39, 0.29) is 18.1 Å². The van der Waals surface area contributed by atoms with Crippen LogP contribution in [0, 0.1) is 0 Å². The maximum absolute atomic E-state index is 6.69. The average molecular weight is 610 g/mol. The van der Waals surface area contributed by atoms with Crippen molar-refractivity contribution in [2.45, 2.75) is 50.5 Å². The van der Waals surface area contributed by atoms with Gasteiger partial charge in [-0.15, -0.1) is 0 Å². The van der Waals surface area contributed by atoms with Crippen LogP contribution >= 0.6 is 0 Å². The van der Waals surface area contributed by atoms with E-state index in [1.54, 1.807) is 26.9 Å². The summed E-state index contributed by atoms with van der Waals surface area (Å²) in [4.78, 5) is 6.41. The lowest BCUT2D eigenvalue weighted by molar-refractivity contribution is -0.0607. The Hall–Kier alpha value is -3.22. The molecule has 2 aliphatic rings. The number of ether oxygens (including phenoxy) is 6. The summed E-state index contributed by atoms with van der Waals surface area (Å²) < 4.78 is 37.3. The molecule has 2 aliphatic heterocycles. The summed E-state index contributed by atoms with van der Waals surface area (Å²) in [5.41, 5.74) is 3.44. The molecule has 0 aliphatic carbocycles. The number of hydrogen-bond donors (Lipinski definition) is 1. The second-order valence-electron chi connectivity index (χ2n) is 11.2. The predicted molar refractivity (Wildman–Crippen MR) is 168 cm³/mol. The van der Waals surface area contributed by atoms with Crippen molar-refractivity contribution in [1.82, 2.24) is 20.1 Å². The molecular formula is C33H47N5O6. The minimum atomic E-state index is -0.0670. The van der Waals surface area contributed by atoms with E-state index in [4.69, 9.17) is 28.4 Å². The lowest BCUT2D eigenvalue weighted by Gasteiger charge is -2.39. The van der Waals surface area contributed by atoms with Gasteiger partial charge in [0, 0.05) is 72.6 Å². The number of nitrogens with zero attached hydrogens (tertiary/aromatic N) is 4. The highest BCUT2D eigenvalue weighted by atomic mass is 16.5. The molecular weight excluding hydrogens is 562 g/mol. The van der Waals surface area contributed by atoms with E-state index in [2.05, 4.69) is 50.6 Å². The van der Waals surface area contributed by atoms with Gasteiger partial charge >= 0.3 is 0 Å². The highest BCUT2D eigenvalue weighted by Gasteiger charge is 2.36. The van der Waals surface area contributed by atoms with Crippen LogP contribution in [0.1, 0.15) is 36.3 Å². The van der Waals surface area contributed by atoms with E-state index >= 15 is 0 Å². The number of piperidine rings is 1. The molecule has 0 amide bonds. The van der Waals surface area contributed by atoms with Gasteiger partial charge in [0.25, 0.3) is 0 Å². The Morgan fingerprint density at radius 3 is 2.48 bits per heavy atom. The van der Waals surface area contributed by atoms with Crippen molar-refractivity contribution in [1.29, 1.82) is 0 Å². The fourth-order valence-corrected chi connectivity index (χ4v) is 5.85. The summed E-state index contributed by atoms with van der Waals surface area (Å²) >= 11 is 0. The summed E-state index contributed by atoms with van der Waals surface area (Å²) in [6.45, 7) is 7.96. The van der Waals surface area contributed by atoms with Crippen molar-refractivity contribution in [3.8, 4) is 11.5 Å². The molecule has 240 valence electrons. The Morgan fingerprint density at radius 1 is 0.886 bits per heavy atom. The third kappa shape index (κ3) is 9.15. The van der Waals surface area contributed by atoms with Crippen LogP contribution in [0.2, 0.25) is 0 Å². The highest BCUT2D eigenvalue weighted by Crippen LogP contribution is 2.35. The minimum absolute atomic E-state index is 0.0359. The predicted octanol–water partition coefficient (Wildman–Crippen LogP) is 3.68. The molecule has 3 atom stereocenters. The molecule has 3 aromatic rings. The van der Waals surface area contributed by atoms with Gasteiger partial charge in [-0.25, -0.2) is 4.98 Å². The molecule has 0 saturated carbocycles. The second kappa shape index (κ2) is 17.3. The number of benzene rings is 2. The van der Waals surface area contributed by atoms with Gasteiger partial charge in [-0.1, -0.05) is 18.2 Å². The topological polar surface area (TPSA) is 101 Å². The van der Waals surface area contributed by atoms with E-state index in [1.807, 2.05) is 16.8 Å². The van der Waals surface area contributed by atoms with Crippen LogP contribution in [0.3, 0.4) is 0 Å². The molecule has 11 nitrogen and oxygen atoms in total. The molecule has 0 bridgehead atoms. The number of hydrogen-bond acceptors (Lipinski definition) is 10. The molecule has 2 unspecified atom stereocenters. The summed E-state index contributed by atoms with van der Waals surface area (Å²) in [5, 5.41) is 7.76. The first kappa shape index (κ1) is 32.2. The van der Waals surface area contributed by atoms with E-state index in [0.717, 1.165) is 81.3 Å². The fourth-order valence-electron chi connectivity index (χ4n) is 5.85. The summed E-state index contributed by atoms with van der Waals surface area (Å²) in [7, 11) is 3.45. The molecule has 11 heteroatoms. The zero-order chi connectivity index (χ0) is 30.4. The van der Waals surface area contributed by atoms with Crippen molar-refractivity contribution in [2.75, 3.05) is 78.3 Å². The Balaban J connectivity index is 1.25. The van der Waals surface area contributed by atoms with Crippen LogP contribution in [0.5, 0.6) is 11.5 Å². The van der Waals surface area contributed by atoms with Crippen molar-refractivity contribution < 1.29 is 28.4 Å². The zero-order valence-electron chi connectivity index (χ0n) is 26.1. The first-order valence-corrected chi connectivity index (χ1v) is 15.7. The number of aryl methyl sites for hydroxylation is 1. The number of anilines is 1. The van der Waals surface area contributed by atoms with E-state index in [1.165, 1.54) is 5.56 Å². The number of fused-ring (bicyclic) bond motifs is 1. The number of aromatic nitrogens is 3. The van der Waals surface area contributed by atoms with Crippen LogP contribution in [0.15, 0.2) is 55.1 Å². The summed E-state index contributed by atoms with van der Waals surface area (Å²) in [6.07, 6.45) is 5.87. The lowest BCUT2D eigenvalue weighted by atomic mass is 9.85. The van der Waals surface area contributed by atoms with E-state index in [9.17, 15) is 0 Å². The van der Waals surface area contributed by atoms with Gasteiger partial charge in [-0.2, -0.15) is 5.10 Å².